The Kier molecular flexibility index (Phi) is 9.15. The number of piperidine rings is 1. The van der Waals surface area contributed by atoms with Crippen LogP contribution in [0.1, 0.15) is 50.5 Å². The van der Waals surface area contributed by atoms with Crippen molar-refractivity contribution >= 4 is 23.9 Å². The molecule has 0 radical (unpaired) electrons. The smallest absolute Gasteiger partial charge is 0.405 e. The second-order valence-electron chi connectivity index (χ2n) is 10.4. The first kappa shape index (κ1) is 27.3. The summed E-state index contributed by atoms with van der Waals surface area (Å²) in [6, 6.07) is 8.18. The van der Waals surface area contributed by atoms with Crippen LogP contribution in [0.15, 0.2) is 36.7 Å². The lowest BCUT2D eigenvalue weighted by Crippen LogP contribution is -2.45. The van der Waals surface area contributed by atoms with Gasteiger partial charge in [-0.25, -0.2) is 14.8 Å². The Morgan fingerprint density at radius 3 is 2.34 bits per heavy atom. The minimum atomic E-state index is -1.22. The van der Waals surface area contributed by atoms with E-state index in [0.717, 1.165) is 55.5 Å². The molecule has 0 unspecified atom stereocenters. The molecular formula is C28H38N6O4. The third-order valence-corrected chi connectivity index (χ3v) is 7.73. The van der Waals surface area contributed by atoms with E-state index in [1.807, 2.05) is 36.2 Å². The third-order valence-electron chi connectivity index (χ3n) is 7.73. The van der Waals surface area contributed by atoms with Crippen LogP contribution >= 0.6 is 0 Å². The number of hydrogen-bond acceptors (Lipinski definition) is 6. The maximum atomic E-state index is 13.1. The van der Waals surface area contributed by atoms with Gasteiger partial charge in [0.05, 0.1) is 0 Å². The highest BCUT2D eigenvalue weighted by Gasteiger charge is 2.31. The number of nitrogens with zero attached hydrogens (tertiary/aromatic N) is 5. The van der Waals surface area contributed by atoms with Gasteiger partial charge in [0.2, 0.25) is 17.8 Å². The van der Waals surface area contributed by atoms with Crippen molar-refractivity contribution < 1.29 is 19.5 Å². The number of likely N-dealkylation sites (N-methyl/N-ethyl adjacent to an activating group) is 1. The number of anilines is 1. The van der Waals surface area contributed by atoms with Gasteiger partial charge >= 0.3 is 6.09 Å². The van der Waals surface area contributed by atoms with Gasteiger partial charge in [0, 0.05) is 63.6 Å². The minimum Gasteiger partial charge on any atom is -0.465 e. The summed E-state index contributed by atoms with van der Waals surface area (Å²) in [5.74, 6) is 0.729. The first-order chi connectivity index (χ1) is 18.3. The van der Waals surface area contributed by atoms with Crippen molar-refractivity contribution in [1.29, 1.82) is 0 Å². The molecule has 10 nitrogen and oxygen atoms in total. The highest BCUT2D eigenvalue weighted by atomic mass is 16.4. The number of rotatable bonds is 8. The second-order valence-corrected chi connectivity index (χ2v) is 10.4. The Labute approximate surface area is 224 Å². The van der Waals surface area contributed by atoms with E-state index in [-0.39, 0.29) is 24.3 Å². The largest absolute Gasteiger partial charge is 0.465 e. The number of carbonyl (C=O) groups excluding carboxylic acids is 2. The average Bonchev–Trinajstić information content (AvgIpc) is 2.96. The normalized spacial score (nSPS) is 16.6. The van der Waals surface area contributed by atoms with Crippen molar-refractivity contribution in [3.05, 3.63) is 42.2 Å². The lowest BCUT2D eigenvalue weighted by Gasteiger charge is -2.37. The van der Waals surface area contributed by atoms with Crippen molar-refractivity contribution in [3.63, 3.8) is 0 Å². The van der Waals surface area contributed by atoms with Gasteiger partial charge in [0.1, 0.15) is 6.54 Å². The van der Waals surface area contributed by atoms with Gasteiger partial charge in [-0.15, -0.1) is 0 Å². The molecule has 3 amide bonds. The third kappa shape index (κ3) is 6.99. The first-order valence-corrected chi connectivity index (χ1v) is 13.5. The van der Waals surface area contributed by atoms with Crippen LogP contribution in [0.3, 0.4) is 0 Å². The van der Waals surface area contributed by atoms with E-state index < -0.39 is 6.09 Å². The van der Waals surface area contributed by atoms with Crippen LogP contribution in [0.5, 0.6) is 0 Å². The van der Waals surface area contributed by atoms with Crippen LogP contribution in [-0.2, 0) is 16.1 Å². The lowest BCUT2D eigenvalue weighted by molar-refractivity contribution is -0.137. The van der Waals surface area contributed by atoms with Gasteiger partial charge in [-0.2, -0.15) is 0 Å². The number of hydrogen-bond donors (Lipinski definition) is 2. The molecule has 2 heterocycles. The van der Waals surface area contributed by atoms with E-state index in [1.54, 1.807) is 19.4 Å². The number of nitrogens with one attached hydrogen (secondary N) is 1. The molecule has 1 aromatic heterocycles. The fraction of sp³-hybridized carbons (Fsp3) is 0.536. The zero-order valence-electron chi connectivity index (χ0n) is 22.3. The summed E-state index contributed by atoms with van der Waals surface area (Å²) >= 11 is 0. The number of carboxylic acid groups (broad SMARTS) is 1. The van der Waals surface area contributed by atoms with Gasteiger partial charge < -0.3 is 25.1 Å². The van der Waals surface area contributed by atoms with Crippen LogP contribution < -0.4 is 10.2 Å². The van der Waals surface area contributed by atoms with E-state index in [1.165, 1.54) is 24.2 Å². The summed E-state index contributed by atoms with van der Waals surface area (Å²) in [4.78, 5) is 50.7. The molecule has 2 fully saturated rings. The van der Waals surface area contributed by atoms with Crippen molar-refractivity contribution in [2.24, 2.45) is 5.92 Å². The monoisotopic (exact) mass is 522 g/mol. The fourth-order valence-electron chi connectivity index (χ4n) is 5.39. The van der Waals surface area contributed by atoms with E-state index in [4.69, 9.17) is 5.11 Å². The van der Waals surface area contributed by atoms with Crippen molar-refractivity contribution in [3.8, 4) is 11.1 Å². The lowest BCUT2D eigenvalue weighted by atomic mass is 9.91. The number of amides is 3. The van der Waals surface area contributed by atoms with Crippen LogP contribution in [0.25, 0.3) is 11.1 Å². The van der Waals surface area contributed by atoms with E-state index in [2.05, 4.69) is 20.2 Å². The van der Waals surface area contributed by atoms with Gasteiger partial charge in [-0.3, -0.25) is 9.59 Å². The molecule has 0 atom stereocenters. The van der Waals surface area contributed by atoms with E-state index in [0.29, 0.717) is 18.5 Å². The van der Waals surface area contributed by atoms with Gasteiger partial charge in [-0.1, -0.05) is 37.5 Å². The van der Waals surface area contributed by atoms with Crippen LogP contribution in [0.4, 0.5) is 10.7 Å². The summed E-state index contributed by atoms with van der Waals surface area (Å²) in [5.41, 5.74) is 2.73. The Morgan fingerprint density at radius 2 is 1.68 bits per heavy atom. The summed E-state index contributed by atoms with van der Waals surface area (Å²) < 4.78 is 0. The molecule has 0 spiro atoms. The zero-order valence-corrected chi connectivity index (χ0v) is 22.3. The molecule has 1 aliphatic heterocycles. The van der Waals surface area contributed by atoms with E-state index >= 15 is 0 Å². The standard InChI is InChI=1S/C28H38N6O4/c1-32(25(35)18-31-28(37)38)19-20-7-6-8-22(15-20)23-16-29-27(30-17-23)34-13-11-21(12-14-34)26(36)33(2)24-9-4-3-5-10-24/h6-8,15-17,21,24,31H,3-5,9-14,18-19H2,1-2H3,(H,37,38). The SMILES string of the molecule is CN(Cc1cccc(-c2cnc(N3CCC(C(=O)N(C)C4CCCCC4)CC3)nc2)c1)C(=O)CNC(=O)O. The van der Waals surface area contributed by atoms with Crippen molar-refractivity contribution in [2.75, 3.05) is 38.6 Å². The van der Waals surface area contributed by atoms with Gasteiger partial charge in [0.25, 0.3) is 0 Å². The van der Waals surface area contributed by atoms with Gasteiger partial charge in [0.15, 0.2) is 0 Å². The zero-order chi connectivity index (χ0) is 27.1. The highest BCUT2D eigenvalue weighted by Crippen LogP contribution is 2.27. The quantitative estimate of drug-likeness (QED) is 0.546. The fourth-order valence-corrected chi connectivity index (χ4v) is 5.39. The molecule has 204 valence electrons. The molecule has 1 saturated carbocycles. The predicted octanol–water partition coefficient (Wildman–Crippen LogP) is 3.38. The molecule has 1 saturated heterocycles. The van der Waals surface area contributed by atoms with Crippen molar-refractivity contribution in [2.45, 2.75) is 57.5 Å². The molecular weight excluding hydrogens is 484 g/mol. The molecule has 2 N–H and O–H groups in total. The number of carbonyl (C=O) groups is 3. The second kappa shape index (κ2) is 12.7. The van der Waals surface area contributed by atoms with Gasteiger partial charge in [-0.05, 0) is 42.9 Å². The van der Waals surface area contributed by atoms with Crippen LogP contribution in [0, 0.1) is 5.92 Å². The Morgan fingerprint density at radius 1 is 1.00 bits per heavy atom. The summed E-state index contributed by atoms with van der Waals surface area (Å²) in [6.07, 6.45) is 10.0. The summed E-state index contributed by atoms with van der Waals surface area (Å²) in [6.45, 7) is 1.63. The molecule has 38 heavy (non-hydrogen) atoms. The Hall–Kier alpha value is -3.69. The predicted molar refractivity (Wildman–Crippen MR) is 145 cm³/mol. The maximum Gasteiger partial charge on any atom is 0.405 e. The highest BCUT2D eigenvalue weighted by molar-refractivity contribution is 5.81. The molecule has 4 rings (SSSR count). The minimum absolute atomic E-state index is 0.0742. The summed E-state index contributed by atoms with van der Waals surface area (Å²) in [5, 5.41) is 10.8. The van der Waals surface area contributed by atoms with Crippen LogP contribution in [0.2, 0.25) is 0 Å². The topological polar surface area (TPSA) is 119 Å². The van der Waals surface area contributed by atoms with Crippen LogP contribution in [-0.4, -0.2) is 82.6 Å². The van der Waals surface area contributed by atoms with Crippen molar-refractivity contribution in [1.82, 2.24) is 25.1 Å². The number of benzene rings is 1. The average molecular weight is 523 g/mol. The molecule has 1 aliphatic carbocycles. The molecule has 2 aromatic rings. The number of aromatic nitrogens is 2. The summed E-state index contributed by atoms with van der Waals surface area (Å²) in [7, 11) is 3.62. The molecule has 0 bridgehead atoms. The Bertz CT molecular complexity index is 1110. The first-order valence-electron chi connectivity index (χ1n) is 13.5. The maximum absolute atomic E-state index is 13.1. The molecule has 10 heteroatoms. The Balaban J connectivity index is 1.31. The molecule has 1 aromatic carbocycles. The van der Waals surface area contributed by atoms with E-state index in [9.17, 15) is 14.4 Å². The molecule has 2 aliphatic rings.